The molecule has 28 heavy (non-hydrogen) atoms. The van der Waals surface area contributed by atoms with E-state index < -0.39 is 6.10 Å². The average molecular weight is 390 g/mol. The van der Waals surface area contributed by atoms with E-state index in [4.69, 9.17) is 4.74 Å². The standard InChI is InChI=1S/C24H39NO3/c1-17(21(27)22(23(3,4)5)25(9)24(6,7)8)11-10-12-19-13-15-20(16-14-19)28-18(2)26/h10,12-17,21-22,27H,11H2,1-9H3/b12-10+/t17-,21-,22?/m1/s1. The molecule has 1 aromatic carbocycles. The van der Waals surface area contributed by atoms with Gasteiger partial charge in [0.05, 0.1) is 6.10 Å². The van der Waals surface area contributed by atoms with Gasteiger partial charge in [-0.2, -0.15) is 0 Å². The maximum atomic E-state index is 11.1. The van der Waals surface area contributed by atoms with Crippen molar-refractivity contribution in [2.75, 3.05) is 7.05 Å². The number of carbonyl (C=O) groups excluding carboxylic acids is 1. The highest BCUT2D eigenvalue weighted by atomic mass is 16.5. The van der Waals surface area contributed by atoms with Gasteiger partial charge in [0, 0.05) is 18.5 Å². The first-order chi connectivity index (χ1) is 12.7. The number of aliphatic hydroxyl groups excluding tert-OH is 1. The second-order valence-electron chi connectivity index (χ2n) is 9.86. The van der Waals surface area contributed by atoms with Gasteiger partial charge >= 0.3 is 5.97 Å². The van der Waals surface area contributed by atoms with E-state index >= 15 is 0 Å². The minimum Gasteiger partial charge on any atom is -0.427 e. The minimum atomic E-state index is -0.430. The van der Waals surface area contributed by atoms with Gasteiger partial charge in [0.15, 0.2) is 0 Å². The van der Waals surface area contributed by atoms with Crippen molar-refractivity contribution < 1.29 is 14.6 Å². The first-order valence-electron chi connectivity index (χ1n) is 10.1. The summed E-state index contributed by atoms with van der Waals surface area (Å²) < 4.78 is 5.05. The van der Waals surface area contributed by atoms with Crippen LogP contribution in [0.4, 0.5) is 0 Å². The Labute approximate surface area is 171 Å². The number of rotatable bonds is 7. The van der Waals surface area contributed by atoms with E-state index in [-0.39, 0.29) is 28.9 Å². The van der Waals surface area contributed by atoms with E-state index in [0.717, 1.165) is 12.0 Å². The fourth-order valence-corrected chi connectivity index (χ4v) is 3.42. The molecule has 1 aromatic rings. The Bertz CT molecular complexity index is 650. The Morgan fingerprint density at radius 2 is 1.68 bits per heavy atom. The highest BCUT2D eigenvalue weighted by Crippen LogP contribution is 2.33. The summed E-state index contributed by atoms with van der Waals surface area (Å²) in [5.41, 5.74) is 0.987. The second-order valence-corrected chi connectivity index (χ2v) is 9.86. The molecule has 4 nitrogen and oxygen atoms in total. The number of carbonyl (C=O) groups is 1. The third kappa shape index (κ3) is 7.40. The van der Waals surface area contributed by atoms with Crippen molar-refractivity contribution in [3.05, 3.63) is 35.9 Å². The van der Waals surface area contributed by atoms with Crippen molar-refractivity contribution in [2.24, 2.45) is 11.3 Å². The Kier molecular flexibility index (Phi) is 8.45. The van der Waals surface area contributed by atoms with Crippen LogP contribution in [0.5, 0.6) is 5.75 Å². The molecule has 0 spiro atoms. The normalized spacial score (nSPS) is 16.2. The third-order valence-electron chi connectivity index (χ3n) is 5.23. The molecule has 0 saturated heterocycles. The highest BCUT2D eigenvalue weighted by Gasteiger charge is 2.40. The summed E-state index contributed by atoms with van der Waals surface area (Å²) in [5, 5.41) is 11.1. The van der Waals surface area contributed by atoms with Crippen LogP contribution >= 0.6 is 0 Å². The molecule has 158 valence electrons. The lowest BCUT2D eigenvalue weighted by Gasteiger charge is -2.48. The molecule has 0 radical (unpaired) electrons. The van der Waals surface area contributed by atoms with Crippen LogP contribution < -0.4 is 4.74 Å². The van der Waals surface area contributed by atoms with Gasteiger partial charge < -0.3 is 9.84 Å². The van der Waals surface area contributed by atoms with Crippen molar-refractivity contribution in [2.45, 2.75) is 79.5 Å². The minimum absolute atomic E-state index is 0.0157. The van der Waals surface area contributed by atoms with Crippen molar-refractivity contribution in [3.8, 4) is 5.75 Å². The number of nitrogens with zero attached hydrogens (tertiary/aromatic N) is 1. The molecule has 0 aliphatic carbocycles. The number of benzene rings is 1. The molecule has 1 N–H and O–H groups in total. The van der Waals surface area contributed by atoms with Crippen molar-refractivity contribution in [3.63, 3.8) is 0 Å². The number of likely N-dealkylation sites (N-methyl/N-ethyl adjacent to an activating group) is 1. The van der Waals surface area contributed by atoms with Crippen LogP contribution in [0, 0.1) is 11.3 Å². The lowest BCUT2D eigenvalue weighted by atomic mass is 9.76. The van der Waals surface area contributed by atoms with Gasteiger partial charge in [-0.1, -0.05) is 52.0 Å². The van der Waals surface area contributed by atoms with Crippen molar-refractivity contribution >= 4 is 12.0 Å². The summed E-state index contributed by atoms with van der Waals surface area (Å²) >= 11 is 0. The van der Waals surface area contributed by atoms with E-state index in [2.05, 4.69) is 66.5 Å². The zero-order valence-corrected chi connectivity index (χ0v) is 19.1. The number of ether oxygens (including phenoxy) is 1. The van der Waals surface area contributed by atoms with E-state index in [9.17, 15) is 9.90 Å². The van der Waals surface area contributed by atoms with Crippen LogP contribution in [0.25, 0.3) is 6.08 Å². The summed E-state index contributed by atoms with van der Waals surface area (Å²) in [6, 6.07) is 7.46. The quantitative estimate of drug-likeness (QED) is 0.517. The lowest BCUT2D eigenvalue weighted by Crippen LogP contribution is -2.57. The number of aliphatic hydroxyl groups is 1. The number of hydrogen-bond donors (Lipinski definition) is 1. The molecular formula is C24H39NO3. The molecule has 0 aliphatic heterocycles. The Balaban J connectivity index is 2.80. The van der Waals surface area contributed by atoms with E-state index in [1.807, 2.05) is 18.2 Å². The first kappa shape index (κ1) is 24.4. The van der Waals surface area contributed by atoms with Crippen LogP contribution in [-0.4, -0.2) is 40.7 Å². The fourth-order valence-electron chi connectivity index (χ4n) is 3.42. The molecule has 0 amide bonds. The maximum absolute atomic E-state index is 11.1. The third-order valence-corrected chi connectivity index (χ3v) is 5.23. The van der Waals surface area contributed by atoms with Gasteiger partial charge in [-0.05, 0) is 63.3 Å². The van der Waals surface area contributed by atoms with E-state index in [1.165, 1.54) is 6.92 Å². The summed E-state index contributed by atoms with van der Waals surface area (Å²) in [7, 11) is 2.10. The first-order valence-corrected chi connectivity index (χ1v) is 10.1. The summed E-state index contributed by atoms with van der Waals surface area (Å²) in [6.45, 7) is 16.6. The van der Waals surface area contributed by atoms with Crippen LogP contribution in [0.2, 0.25) is 0 Å². The van der Waals surface area contributed by atoms with Crippen LogP contribution in [0.1, 0.15) is 67.4 Å². The van der Waals surface area contributed by atoms with Gasteiger partial charge in [-0.25, -0.2) is 0 Å². The molecule has 0 heterocycles. The summed E-state index contributed by atoms with van der Waals surface area (Å²) in [5.74, 6) is 0.358. The molecule has 1 rings (SSSR count). The largest absolute Gasteiger partial charge is 0.427 e. The van der Waals surface area contributed by atoms with E-state index in [0.29, 0.717) is 5.75 Å². The van der Waals surface area contributed by atoms with Gasteiger partial charge in [0.25, 0.3) is 0 Å². The fraction of sp³-hybridized carbons (Fsp3) is 0.625. The SMILES string of the molecule is CC(=O)Oc1ccc(/C=C/C[C@@H](C)[C@@H](O)C(N(C)C(C)(C)C)C(C)(C)C)cc1. The van der Waals surface area contributed by atoms with Gasteiger partial charge in [0.2, 0.25) is 0 Å². The number of hydrogen-bond acceptors (Lipinski definition) is 4. The molecule has 0 aliphatic rings. The zero-order chi connectivity index (χ0) is 21.7. The number of allylic oxidation sites excluding steroid dienone is 1. The molecule has 0 bridgehead atoms. The van der Waals surface area contributed by atoms with Crippen molar-refractivity contribution in [1.29, 1.82) is 0 Å². The van der Waals surface area contributed by atoms with Gasteiger partial charge in [-0.15, -0.1) is 0 Å². The Hall–Kier alpha value is -1.65. The van der Waals surface area contributed by atoms with Crippen molar-refractivity contribution in [1.82, 2.24) is 4.90 Å². The molecule has 0 aromatic heterocycles. The second kappa shape index (κ2) is 9.71. The van der Waals surface area contributed by atoms with Crippen LogP contribution in [-0.2, 0) is 4.79 Å². The Morgan fingerprint density at radius 1 is 1.14 bits per heavy atom. The summed E-state index contributed by atoms with van der Waals surface area (Å²) in [6.07, 6.45) is 4.50. The Morgan fingerprint density at radius 3 is 2.11 bits per heavy atom. The predicted octanol–water partition coefficient (Wildman–Crippen LogP) is 5.16. The van der Waals surface area contributed by atoms with Gasteiger partial charge in [-0.3, -0.25) is 9.69 Å². The topological polar surface area (TPSA) is 49.8 Å². The molecule has 4 heteroatoms. The molecule has 3 atom stereocenters. The van der Waals surface area contributed by atoms with E-state index in [1.54, 1.807) is 12.1 Å². The number of esters is 1. The average Bonchev–Trinajstić information content (AvgIpc) is 2.53. The monoisotopic (exact) mass is 389 g/mol. The van der Waals surface area contributed by atoms with Crippen LogP contribution in [0.3, 0.4) is 0 Å². The molecule has 0 fully saturated rings. The van der Waals surface area contributed by atoms with Crippen LogP contribution in [0.15, 0.2) is 30.3 Å². The zero-order valence-electron chi connectivity index (χ0n) is 19.1. The highest BCUT2D eigenvalue weighted by molar-refractivity contribution is 5.69. The molecule has 1 unspecified atom stereocenters. The summed E-state index contributed by atoms with van der Waals surface area (Å²) in [4.78, 5) is 13.3. The lowest BCUT2D eigenvalue weighted by molar-refractivity contribution is -0.131. The molecular weight excluding hydrogens is 350 g/mol. The van der Waals surface area contributed by atoms with Gasteiger partial charge in [0.1, 0.15) is 5.75 Å². The smallest absolute Gasteiger partial charge is 0.308 e. The molecule has 0 saturated carbocycles. The predicted molar refractivity (Wildman–Crippen MR) is 117 cm³/mol. The maximum Gasteiger partial charge on any atom is 0.308 e.